The standard InChI is InChI=1S/C13H16N4O2/c14-9-1-2-12-11(5-9)13(16-8-15-12)17-3-4-19-7-10(17)6-18/h1-2,5,8,10,18H,3-4,6-7,14H2. The molecule has 100 valence electrons. The van der Waals surface area contributed by atoms with Crippen LogP contribution in [-0.2, 0) is 4.74 Å². The summed E-state index contributed by atoms with van der Waals surface area (Å²) in [5, 5.41) is 10.4. The van der Waals surface area contributed by atoms with Gasteiger partial charge >= 0.3 is 0 Å². The number of hydrogen-bond donors (Lipinski definition) is 2. The van der Waals surface area contributed by atoms with Crippen molar-refractivity contribution in [2.24, 2.45) is 0 Å². The minimum Gasteiger partial charge on any atom is -0.399 e. The zero-order valence-corrected chi connectivity index (χ0v) is 10.5. The Morgan fingerprint density at radius 2 is 2.32 bits per heavy atom. The van der Waals surface area contributed by atoms with Crippen molar-refractivity contribution < 1.29 is 9.84 Å². The molecule has 0 bridgehead atoms. The normalized spacial score (nSPS) is 19.8. The molecule has 19 heavy (non-hydrogen) atoms. The molecule has 3 N–H and O–H groups in total. The maximum absolute atomic E-state index is 9.46. The highest BCUT2D eigenvalue weighted by Gasteiger charge is 2.25. The fraction of sp³-hybridized carbons (Fsp3) is 0.385. The van der Waals surface area contributed by atoms with Gasteiger partial charge in [-0.2, -0.15) is 0 Å². The van der Waals surface area contributed by atoms with Gasteiger partial charge in [0.2, 0.25) is 0 Å². The number of morpholine rings is 1. The van der Waals surface area contributed by atoms with E-state index in [2.05, 4.69) is 14.9 Å². The number of aromatic nitrogens is 2. The summed E-state index contributed by atoms with van der Waals surface area (Å²) in [6.45, 7) is 1.87. The summed E-state index contributed by atoms with van der Waals surface area (Å²) in [5.74, 6) is 0.805. The van der Waals surface area contributed by atoms with Crippen molar-refractivity contribution in [3.05, 3.63) is 24.5 Å². The maximum Gasteiger partial charge on any atom is 0.140 e. The Labute approximate surface area is 110 Å². The first-order valence-corrected chi connectivity index (χ1v) is 6.25. The Morgan fingerprint density at radius 3 is 3.16 bits per heavy atom. The number of hydrogen-bond acceptors (Lipinski definition) is 6. The van der Waals surface area contributed by atoms with Gasteiger partial charge in [-0.3, -0.25) is 0 Å². The van der Waals surface area contributed by atoms with E-state index in [-0.39, 0.29) is 12.6 Å². The molecule has 1 fully saturated rings. The molecular formula is C13H16N4O2. The van der Waals surface area contributed by atoms with Crippen LogP contribution in [0.3, 0.4) is 0 Å². The molecule has 2 heterocycles. The van der Waals surface area contributed by atoms with Gasteiger partial charge in [-0.1, -0.05) is 0 Å². The van der Waals surface area contributed by atoms with Crippen molar-refractivity contribution in [1.82, 2.24) is 9.97 Å². The molecule has 1 aromatic heterocycles. The fourth-order valence-electron chi connectivity index (χ4n) is 2.37. The van der Waals surface area contributed by atoms with E-state index in [0.717, 1.165) is 16.7 Å². The van der Waals surface area contributed by atoms with Gasteiger partial charge in [-0.05, 0) is 18.2 Å². The summed E-state index contributed by atoms with van der Waals surface area (Å²) >= 11 is 0. The summed E-state index contributed by atoms with van der Waals surface area (Å²) in [7, 11) is 0. The Kier molecular flexibility index (Phi) is 3.18. The highest BCUT2D eigenvalue weighted by molar-refractivity contribution is 5.91. The lowest BCUT2D eigenvalue weighted by Gasteiger charge is -2.35. The first-order chi connectivity index (χ1) is 9.29. The second kappa shape index (κ2) is 4.99. The van der Waals surface area contributed by atoms with Gasteiger partial charge in [0.1, 0.15) is 12.1 Å². The second-order valence-electron chi connectivity index (χ2n) is 4.58. The molecule has 3 rings (SSSR count). The van der Waals surface area contributed by atoms with Crippen LogP contribution in [-0.4, -0.2) is 47.5 Å². The van der Waals surface area contributed by atoms with Gasteiger partial charge in [-0.15, -0.1) is 0 Å². The number of nitrogens with two attached hydrogens (primary N) is 1. The quantitative estimate of drug-likeness (QED) is 0.761. The van der Waals surface area contributed by atoms with Gasteiger partial charge < -0.3 is 20.5 Å². The number of aliphatic hydroxyl groups is 1. The van der Waals surface area contributed by atoms with E-state index in [9.17, 15) is 5.11 Å². The third kappa shape index (κ3) is 2.20. The smallest absolute Gasteiger partial charge is 0.140 e. The summed E-state index contributed by atoms with van der Waals surface area (Å²) in [6.07, 6.45) is 1.54. The lowest BCUT2D eigenvalue weighted by atomic mass is 10.1. The largest absolute Gasteiger partial charge is 0.399 e. The van der Waals surface area contributed by atoms with Gasteiger partial charge in [-0.25, -0.2) is 9.97 Å². The van der Waals surface area contributed by atoms with Gasteiger partial charge in [0.25, 0.3) is 0 Å². The topological polar surface area (TPSA) is 84.5 Å². The van der Waals surface area contributed by atoms with Crippen LogP contribution >= 0.6 is 0 Å². The first-order valence-electron chi connectivity index (χ1n) is 6.25. The van der Waals surface area contributed by atoms with E-state index in [1.807, 2.05) is 18.2 Å². The van der Waals surface area contributed by atoms with Crippen LogP contribution in [0.4, 0.5) is 11.5 Å². The van der Waals surface area contributed by atoms with E-state index in [0.29, 0.717) is 25.4 Å². The third-order valence-corrected chi connectivity index (χ3v) is 3.35. The van der Waals surface area contributed by atoms with Crippen molar-refractivity contribution in [2.45, 2.75) is 6.04 Å². The molecule has 6 heteroatoms. The average molecular weight is 260 g/mol. The number of nitrogen functional groups attached to an aromatic ring is 1. The molecular weight excluding hydrogens is 244 g/mol. The number of benzene rings is 1. The Bertz CT molecular complexity index is 590. The monoisotopic (exact) mass is 260 g/mol. The molecule has 0 radical (unpaired) electrons. The van der Waals surface area contributed by atoms with Crippen LogP contribution in [0.5, 0.6) is 0 Å². The van der Waals surface area contributed by atoms with Crippen LogP contribution in [0, 0.1) is 0 Å². The molecule has 6 nitrogen and oxygen atoms in total. The highest BCUT2D eigenvalue weighted by Crippen LogP contribution is 2.27. The second-order valence-corrected chi connectivity index (χ2v) is 4.58. The minimum atomic E-state index is -0.0757. The molecule has 1 unspecified atom stereocenters. The zero-order chi connectivity index (χ0) is 13.2. The van der Waals surface area contributed by atoms with Gasteiger partial charge in [0.15, 0.2) is 0 Å². The minimum absolute atomic E-state index is 0.0355. The SMILES string of the molecule is Nc1ccc2ncnc(N3CCOCC3CO)c2c1. The van der Waals surface area contributed by atoms with Crippen LogP contribution in [0.15, 0.2) is 24.5 Å². The molecule has 2 aromatic rings. The average Bonchev–Trinajstić information content (AvgIpc) is 2.46. The Morgan fingerprint density at radius 1 is 1.42 bits per heavy atom. The van der Waals surface area contributed by atoms with E-state index < -0.39 is 0 Å². The lowest BCUT2D eigenvalue weighted by Crippen LogP contribution is -2.48. The molecule has 0 amide bonds. The summed E-state index contributed by atoms with van der Waals surface area (Å²) in [5.41, 5.74) is 7.37. The van der Waals surface area contributed by atoms with Crippen LogP contribution in [0.25, 0.3) is 10.9 Å². The van der Waals surface area contributed by atoms with Gasteiger partial charge in [0, 0.05) is 17.6 Å². The predicted molar refractivity (Wildman–Crippen MR) is 73.0 cm³/mol. The number of fused-ring (bicyclic) bond motifs is 1. The fourth-order valence-corrected chi connectivity index (χ4v) is 2.37. The van der Waals surface area contributed by atoms with E-state index in [1.165, 1.54) is 6.33 Å². The number of rotatable bonds is 2. The molecule has 0 saturated carbocycles. The molecule has 1 atom stereocenters. The summed E-state index contributed by atoms with van der Waals surface area (Å²) < 4.78 is 5.39. The molecule has 1 aliphatic heterocycles. The van der Waals surface area contributed by atoms with Crippen molar-refractivity contribution in [2.75, 3.05) is 37.0 Å². The van der Waals surface area contributed by atoms with Crippen LogP contribution in [0.1, 0.15) is 0 Å². The van der Waals surface area contributed by atoms with E-state index in [4.69, 9.17) is 10.5 Å². The van der Waals surface area contributed by atoms with Crippen molar-refractivity contribution in [1.29, 1.82) is 0 Å². The number of aliphatic hydroxyl groups excluding tert-OH is 1. The molecule has 1 aliphatic rings. The van der Waals surface area contributed by atoms with E-state index in [1.54, 1.807) is 0 Å². The predicted octanol–water partition coefficient (Wildman–Crippen LogP) is 0.409. The number of anilines is 2. The molecule has 1 aromatic carbocycles. The van der Waals surface area contributed by atoms with Crippen molar-refractivity contribution in [3.8, 4) is 0 Å². The van der Waals surface area contributed by atoms with E-state index >= 15 is 0 Å². The van der Waals surface area contributed by atoms with Gasteiger partial charge in [0.05, 0.1) is 31.4 Å². The number of nitrogens with zero attached hydrogens (tertiary/aromatic N) is 3. The molecule has 0 aliphatic carbocycles. The Hall–Kier alpha value is -1.92. The van der Waals surface area contributed by atoms with Crippen LogP contribution in [0.2, 0.25) is 0 Å². The Balaban J connectivity index is 2.10. The first kappa shape index (κ1) is 12.1. The third-order valence-electron chi connectivity index (χ3n) is 3.35. The zero-order valence-electron chi connectivity index (χ0n) is 10.5. The molecule has 1 saturated heterocycles. The molecule has 0 spiro atoms. The van der Waals surface area contributed by atoms with Crippen LogP contribution < -0.4 is 10.6 Å². The highest BCUT2D eigenvalue weighted by atomic mass is 16.5. The summed E-state index contributed by atoms with van der Waals surface area (Å²) in [6, 6.07) is 5.49. The summed E-state index contributed by atoms with van der Waals surface area (Å²) in [4.78, 5) is 10.7. The van der Waals surface area contributed by atoms with Crippen molar-refractivity contribution >= 4 is 22.4 Å². The maximum atomic E-state index is 9.46. The van der Waals surface area contributed by atoms with Crippen molar-refractivity contribution in [3.63, 3.8) is 0 Å². The number of ether oxygens (including phenoxy) is 1. The lowest BCUT2D eigenvalue weighted by molar-refractivity contribution is 0.0724.